The number of rotatable bonds is 4. The Hall–Kier alpha value is -1.25. The van der Waals surface area contributed by atoms with Crippen LogP contribution >= 0.6 is 44.1 Å². The number of halogens is 4. The lowest BCUT2D eigenvalue weighted by atomic mass is 10.3. The van der Waals surface area contributed by atoms with Crippen LogP contribution in [0.5, 0.6) is 5.75 Å². The molecule has 0 unspecified atom stereocenters. The summed E-state index contributed by atoms with van der Waals surface area (Å²) in [6.07, 6.45) is 0. The second-order valence-electron chi connectivity index (χ2n) is 4.11. The Balaban J connectivity index is 1.97. The average Bonchev–Trinajstić information content (AvgIpc) is 2.43. The molecule has 0 aliphatic carbocycles. The maximum atomic E-state index is 12.1. The van der Waals surface area contributed by atoms with Crippen molar-refractivity contribution in [1.82, 2.24) is 0 Å². The van der Waals surface area contributed by atoms with Gasteiger partial charge in [0.2, 0.25) is 0 Å². The van der Waals surface area contributed by atoms with Crippen molar-refractivity contribution in [1.29, 1.82) is 0 Å². The minimum absolute atomic E-state index is 0.0927. The molecule has 2 aromatic rings. The Labute approximate surface area is 148 Å². The molecule has 0 saturated heterocycles. The Kier molecular flexibility index (Phi) is 6.10. The van der Waals surface area contributed by atoms with E-state index in [9.17, 15) is 8.78 Å². The van der Waals surface area contributed by atoms with Gasteiger partial charge >= 0.3 is 6.61 Å². The molecule has 22 heavy (non-hydrogen) atoms. The standard InChI is InChI=1S/C14H10Br2F2N2OS/c15-8-1-6-12(11(16)7-8)20-14(22)19-9-2-4-10(5-3-9)21-13(17)18/h1-7,13H,(H2,19,20,22). The Morgan fingerprint density at radius 3 is 2.32 bits per heavy atom. The maximum Gasteiger partial charge on any atom is 0.387 e. The number of nitrogens with one attached hydrogen (secondary N) is 2. The SMILES string of the molecule is FC(F)Oc1ccc(NC(=S)Nc2ccc(Br)cc2Br)cc1. The fourth-order valence-electron chi connectivity index (χ4n) is 1.60. The topological polar surface area (TPSA) is 33.3 Å². The molecule has 0 aromatic heterocycles. The van der Waals surface area contributed by atoms with Crippen molar-refractivity contribution in [2.45, 2.75) is 6.61 Å². The zero-order valence-electron chi connectivity index (χ0n) is 10.9. The summed E-state index contributed by atoms with van der Waals surface area (Å²) in [6.45, 7) is -2.84. The summed E-state index contributed by atoms with van der Waals surface area (Å²) in [5.74, 6) is 0.0927. The Morgan fingerprint density at radius 2 is 1.73 bits per heavy atom. The van der Waals surface area contributed by atoms with E-state index in [1.54, 1.807) is 12.1 Å². The van der Waals surface area contributed by atoms with E-state index in [0.29, 0.717) is 10.8 Å². The monoisotopic (exact) mass is 450 g/mol. The van der Waals surface area contributed by atoms with Crippen molar-refractivity contribution in [3.05, 3.63) is 51.4 Å². The molecule has 116 valence electrons. The Bertz CT molecular complexity index is 668. The third-order valence-electron chi connectivity index (χ3n) is 2.52. The molecule has 0 heterocycles. The van der Waals surface area contributed by atoms with Gasteiger partial charge in [-0.1, -0.05) is 15.9 Å². The normalized spacial score (nSPS) is 10.4. The van der Waals surface area contributed by atoms with E-state index in [-0.39, 0.29) is 5.75 Å². The van der Waals surface area contributed by atoms with Crippen molar-refractivity contribution in [3.63, 3.8) is 0 Å². The number of anilines is 2. The Morgan fingerprint density at radius 1 is 1.05 bits per heavy atom. The zero-order chi connectivity index (χ0) is 16.1. The summed E-state index contributed by atoms with van der Waals surface area (Å²) >= 11 is 12.0. The highest BCUT2D eigenvalue weighted by atomic mass is 79.9. The van der Waals surface area contributed by atoms with Gasteiger partial charge in [0.1, 0.15) is 5.75 Å². The first-order valence-electron chi connectivity index (χ1n) is 6.02. The lowest BCUT2D eigenvalue weighted by molar-refractivity contribution is -0.0498. The van der Waals surface area contributed by atoms with Gasteiger partial charge in [0.05, 0.1) is 5.69 Å². The molecule has 0 fully saturated rings. The van der Waals surface area contributed by atoms with E-state index in [4.69, 9.17) is 12.2 Å². The molecule has 0 aliphatic rings. The smallest absolute Gasteiger partial charge is 0.387 e. The summed E-state index contributed by atoms with van der Waals surface area (Å²) in [4.78, 5) is 0. The molecule has 2 aromatic carbocycles. The zero-order valence-corrected chi connectivity index (χ0v) is 14.9. The number of alkyl halides is 2. The molecule has 8 heteroatoms. The van der Waals surface area contributed by atoms with Crippen LogP contribution in [0, 0.1) is 0 Å². The molecule has 0 radical (unpaired) electrons. The van der Waals surface area contributed by atoms with Gasteiger partial charge in [0.25, 0.3) is 0 Å². The van der Waals surface area contributed by atoms with Gasteiger partial charge in [-0.25, -0.2) is 0 Å². The minimum Gasteiger partial charge on any atom is -0.435 e. The van der Waals surface area contributed by atoms with Gasteiger partial charge in [0.15, 0.2) is 5.11 Å². The maximum absolute atomic E-state index is 12.1. The fourth-order valence-corrected chi connectivity index (χ4v) is 2.97. The van der Waals surface area contributed by atoms with Gasteiger partial charge in [-0.2, -0.15) is 8.78 Å². The largest absolute Gasteiger partial charge is 0.435 e. The van der Waals surface area contributed by atoms with Crippen LogP contribution in [0.25, 0.3) is 0 Å². The summed E-state index contributed by atoms with van der Waals surface area (Å²) in [5, 5.41) is 6.37. The van der Waals surface area contributed by atoms with Gasteiger partial charge in [-0.3, -0.25) is 0 Å². The van der Waals surface area contributed by atoms with Crippen LogP contribution in [0.15, 0.2) is 51.4 Å². The average molecular weight is 452 g/mol. The third-order valence-corrected chi connectivity index (χ3v) is 3.87. The minimum atomic E-state index is -2.84. The van der Waals surface area contributed by atoms with E-state index in [2.05, 4.69) is 47.2 Å². The molecule has 2 N–H and O–H groups in total. The number of benzene rings is 2. The van der Waals surface area contributed by atoms with E-state index in [1.165, 1.54) is 12.1 Å². The van der Waals surface area contributed by atoms with Crippen molar-refractivity contribution in [3.8, 4) is 5.75 Å². The van der Waals surface area contributed by atoms with E-state index >= 15 is 0 Å². The fraction of sp³-hybridized carbons (Fsp3) is 0.0714. The second kappa shape index (κ2) is 7.85. The molecule has 0 saturated carbocycles. The molecule has 2 rings (SSSR count). The van der Waals surface area contributed by atoms with Crippen LogP contribution in [0.3, 0.4) is 0 Å². The van der Waals surface area contributed by atoms with Crippen molar-refractivity contribution < 1.29 is 13.5 Å². The van der Waals surface area contributed by atoms with Gasteiger partial charge in [0, 0.05) is 14.6 Å². The second-order valence-corrected chi connectivity index (χ2v) is 6.28. The van der Waals surface area contributed by atoms with Crippen LogP contribution in [-0.2, 0) is 0 Å². The van der Waals surface area contributed by atoms with Crippen LogP contribution in [0.1, 0.15) is 0 Å². The summed E-state index contributed by atoms with van der Waals surface area (Å²) < 4.78 is 30.2. The molecular weight excluding hydrogens is 442 g/mol. The number of ether oxygens (including phenoxy) is 1. The highest BCUT2D eigenvalue weighted by Gasteiger charge is 2.06. The first-order valence-corrected chi connectivity index (χ1v) is 8.01. The molecule has 0 aliphatic heterocycles. The molecule has 3 nitrogen and oxygen atoms in total. The number of hydrogen-bond acceptors (Lipinski definition) is 2. The van der Waals surface area contributed by atoms with Gasteiger partial charge in [-0.15, -0.1) is 0 Å². The third kappa shape index (κ3) is 5.19. The quantitative estimate of drug-likeness (QED) is 0.591. The van der Waals surface area contributed by atoms with Crippen molar-refractivity contribution in [2.75, 3.05) is 10.6 Å². The first kappa shape index (κ1) is 17.1. The van der Waals surface area contributed by atoms with Crippen LogP contribution in [-0.4, -0.2) is 11.7 Å². The predicted octanol–water partition coefficient (Wildman–Crippen LogP) is 5.62. The van der Waals surface area contributed by atoms with Gasteiger partial charge in [-0.05, 0) is 70.6 Å². The van der Waals surface area contributed by atoms with E-state index in [1.807, 2.05) is 18.2 Å². The molecule has 0 spiro atoms. The number of thiocarbonyl (C=S) groups is 1. The molecule has 0 amide bonds. The van der Waals surface area contributed by atoms with Crippen molar-refractivity contribution in [2.24, 2.45) is 0 Å². The highest BCUT2D eigenvalue weighted by Crippen LogP contribution is 2.26. The molecule has 0 atom stereocenters. The van der Waals surface area contributed by atoms with E-state index in [0.717, 1.165) is 14.6 Å². The molecular formula is C14H10Br2F2N2OS. The summed E-state index contributed by atoms with van der Waals surface area (Å²) in [5.41, 5.74) is 1.46. The van der Waals surface area contributed by atoms with Crippen LogP contribution in [0.2, 0.25) is 0 Å². The summed E-state index contributed by atoms with van der Waals surface area (Å²) in [6, 6.07) is 11.7. The predicted molar refractivity (Wildman–Crippen MR) is 94.8 cm³/mol. The lowest BCUT2D eigenvalue weighted by Crippen LogP contribution is -2.19. The summed E-state index contributed by atoms with van der Waals surface area (Å²) in [7, 11) is 0. The highest BCUT2D eigenvalue weighted by molar-refractivity contribution is 9.11. The first-order chi connectivity index (χ1) is 10.4. The van der Waals surface area contributed by atoms with Crippen LogP contribution in [0.4, 0.5) is 20.2 Å². The lowest BCUT2D eigenvalue weighted by Gasteiger charge is -2.12. The van der Waals surface area contributed by atoms with E-state index < -0.39 is 6.61 Å². The molecule has 0 bridgehead atoms. The van der Waals surface area contributed by atoms with Gasteiger partial charge < -0.3 is 15.4 Å². The number of hydrogen-bond donors (Lipinski definition) is 2. The van der Waals surface area contributed by atoms with Crippen LogP contribution < -0.4 is 15.4 Å². The van der Waals surface area contributed by atoms with Crippen molar-refractivity contribution >= 4 is 60.6 Å².